The van der Waals surface area contributed by atoms with Gasteiger partial charge in [0.15, 0.2) is 0 Å². The van der Waals surface area contributed by atoms with Gasteiger partial charge in [-0.25, -0.2) is 9.97 Å². The minimum absolute atomic E-state index is 0.0749. The van der Waals surface area contributed by atoms with Crippen molar-refractivity contribution in [1.82, 2.24) is 9.97 Å². The van der Waals surface area contributed by atoms with E-state index in [-0.39, 0.29) is 6.04 Å². The van der Waals surface area contributed by atoms with Crippen molar-refractivity contribution < 1.29 is 0 Å². The molecule has 2 aliphatic carbocycles. The maximum absolute atomic E-state index is 6.18. The minimum Gasteiger partial charge on any atom is -0.321 e. The summed E-state index contributed by atoms with van der Waals surface area (Å²) in [5, 5.41) is 0. The third-order valence-electron chi connectivity index (χ3n) is 3.84. The van der Waals surface area contributed by atoms with Gasteiger partial charge >= 0.3 is 0 Å². The number of aromatic nitrogens is 2. The van der Waals surface area contributed by atoms with Crippen LogP contribution in [0.3, 0.4) is 0 Å². The first-order chi connectivity index (χ1) is 7.75. The minimum atomic E-state index is 0.0749. The first kappa shape index (κ1) is 10.2. The molecule has 1 atom stereocenters. The van der Waals surface area contributed by atoms with E-state index in [9.17, 15) is 0 Å². The predicted octanol–water partition coefficient (Wildman–Crippen LogP) is 2.07. The Bertz CT molecular complexity index is 410. The van der Waals surface area contributed by atoms with Crippen molar-refractivity contribution in [2.45, 2.75) is 51.5 Å². The van der Waals surface area contributed by atoms with Gasteiger partial charge in [0.25, 0.3) is 0 Å². The molecule has 0 radical (unpaired) electrons. The van der Waals surface area contributed by atoms with Crippen molar-refractivity contribution in [3.05, 3.63) is 22.8 Å². The Hall–Kier alpha value is -0.960. The van der Waals surface area contributed by atoms with Crippen LogP contribution in [0.1, 0.15) is 54.5 Å². The SMILES string of the molecule is Cc1nc(C(N)C2CC2)nc2c1CCCC2. The second kappa shape index (κ2) is 3.81. The maximum atomic E-state index is 6.18. The summed E-state index contributed by atoms with van der Waals surface area (Å²) in [6.45, 7) is 2.11. The summed E-state index contributed by atoms with van der Waals surface area (Å²) in [6.07, 6.45) is 7.32. The number of nitrogens with zero attached hydrogens (tertiary/aromatic N) is 2. The van der Waals surface area contributed by atoms with Crippen LogP contribution in [0.15, 0.2) is 0 Å². The van der Waals surface area contributed by atoms with Crippen molar-refractivity contribution in [2.75, 3.05) is 0 Å². The summed E-state index contributed by atoms with van der Waals surface area (Å²) in [6, 6.07) is 0.0749. The van der Waals surface area contributed by atoms with E-state index in [2.05, 4.69) is 11.9 Å². The fourth-order valence-electron chi connectivity index (χ4n) is 2.62. The van der Waals surface area contributed by atoms with Crippen molar-refractivity contribution >= 4 is 0 Å². The van der Waals surface area contributed by atoms with Crippen LogP contribution in [0.25, 0.3) is 0 Å². The maximum Gasteiger partial charge on any atom is 0.145 e. The summed E-state index contributed by atoms with van der Waals surface area (Å²) in [7, 11) is 0. The Balaban J connectivity index is 1.97. The Kier molecular flexibility index (Phi) is 2.43. The highest BCUT2D eigenvalue weighted by molar-refractivity contribution is 5.28. The lowest BCUT2D eigenvalue weighted by Crippen LogP contribution is -2.20. The molecule has 3 nitrogen and oxygen atoms in total. The summed E-state index contributed by atoms with van der Waals surface area (Å²) >= 11 is 0. The molecule has 1 saturated carbocycles. The third-order valence-corrected chi connectivity index (χ3v) is 3.84. The molecule has 0 aliphatic heterocycles. The van der Waals surface area contributed by atoms with Gasteiger partial charge in [-0.1, -0.05) is 0 Å². The lowest BCUT2D eigenvalue weighted by atomic mass is 9.94. The van der Waals surface area contributed by atoms with Crippen LogP contribution < -0.4 is 5.73 Å². The zero-order chi connectivity index (χ0) is 11.1. The van der Waals surface area contributed by atoms with Crippen LogP contribution in [-0.4, -0.2) is 9.97 Å². The largest absolute Gasteiger partial charge is 0.321 e. The molecular weight excluding hydrogens is 198 g/mol. The van der Waals surface area contributed by atoms with Crippen LogP contribution in [0.2, 0.25) is 0 Å². The lowest BCUT2D eigenvalue weighted by molar-refractivity contribution is 0.571. The van der Waals surface area contributed by atoms with Gasteiger partial charge in [0.2, 0.25) is 0 Å². The number of fused-ring (bicyclic) bond motifs is 1. The average molecular weight is 217 g/mol. The van der Waals surface area contributed by atoms with E-state index in [1.807, 2.05) is 0 Å². The smallest absolute Gasteiger partial charge is 0.145 e. The second-order valence-corrected chi connectivity index (χ2v) is 5.16. The molecule has 1 aromatic rings. The van der Waals surface area contributed by atoms with E-state index in [0.717, 1.165) is 24.4 Å². The molecule has 1 heterocycles. The zero-order valence-electron chi connectivity index (χ0n) is 9.87. The van der Waals surface area contributed by atoms with Gasteiger partial charge in [-0.05, 0) is 56.9 Å². The summed E-state index contributed by atoms with van der Waals surface area (Å²) in [5.41, 5.74) is 10.00. The van der Waals surface area contributed by atoms with E-state index in [1.54, 1.807) is 0 Å². The fourth-order valence-corrected chi connectivity index (χ4v) is 2.62. The summed E-state index contributed by atoms with van der Waals surface area (Å²) in [4.78, 5) is 9.31. The fraction of sp³-hybridized carbons (Fsp3) is 0.692. The Labute approximate surface area is 96.5 Å². The van der Waals surface area contributed by atoms with Gasteiger partial charge in [-0.2, -0.15) is 0 Å². The molecule has 3 heteroatoms. The van der Waals surface area contributed by atoms with E-state index in [1.165, 1.54) is 36.9 Å². The molecule has 0 saturated heterocycles. The molecule has 0 amide bonds. The zero-order valence-corrected chi connectivity index (χ0v) is 9.87. The second-order valence-electron chi connectivity index (χ2n) is 5.16. The first-order valence-electron chi connectivity index (χ1n) is 6.37. The van der Waals surface area contributed by atoms with Gasteiger partial charge in [0, 0.05) is 11.4 Å². The van der Waals surface area contributed by atoms with Crippen molar-refractivity contribution in [2.24, 2.45) is 11.7 Å². The molecule has 86 valence electrons. The normalized spacial score (nSPS) is 21.6. The summed E-state index contributed by atoms with van der Waals surface area (Å²) < 4.78 is 0. The molecule has 2 aliphatic rings. The van der Waals surface area contributed by atoms with Crippen molar-refractivity contribution in [3.8, 4) is 0 Å². The van der Waals surface area contributed by atoms with Crippen LogP contribution in [0.4, 0.5) is 0 Å². The molecule has 3 rings (SSSR count). The number of rotatable bonds is 2. The third kappa shape index (κ3) is 1.73. The first-order valence-corrected chi connectivity index (χ1v) is 6.37. The van der Waals surface area contributed by atoms with Crippen molar-refractivity contribution in [1.29, 1.82) is 0 Å². The molecular formula is C13H19N3. The number of aryl methyl sites for hydroxylation is 2. The van der Waals surface area contributed by atoms with Gasteiger partial charge < -0.3 is 5.73 Å². The van der Waals surface area contributed by atoms with Crippen LogP contribution in [0.5, 0.6) is 0 Å². The molecule has 0 aromatic carbocycles. The standard InChI is InChI=1S/C13H19N3/c1-8-10-4-2-3-5-11(10)16-13(15-8)12(14)9-6-7-9/h9,12H,2-7,14H2,1H3. The molecule has 0 spiro atoms. The van der Waals surface area contributed by atoms with Crippen LogP contribution >= 0.6 is 0 Å². The summed E-state index contributed by atoms with van der Waals surface area (Å²) in [5.74, 6) is 1.53. The van der Waals surface area contributed by atoms with E-state index in [4.69, 9.17) is 10.7 Å². The lowest BCUT2D eigenvalue weighted by Gasteiger charge is -2.19. The van der Waals surface area contributed by atoms with E-state index in [0.29, 0.717) is 5.92 Å². The van der Waals surface area contributed by atoms with E-state index < -0.39 is 0 Å². The molecule has 2 N–H and O–H groups in total. The van der Waals surface area contributed by atoms with Gasteiger partial charge in [-0.15, -0.1) is 0 Å². The number of nitrogens with two attached hydrogens (primary N) is 1. The van der Waals surface area contributed by atoms with Crippen molar-refractivity contribution in [3.63, 3.8) is 0 Å². The Morgan fingerprint density at radius 2 is 1.94 bits per heavy atom. The van der Waals surface area contributed by atoms with Gasteiger partial charge in [0.1, 0.15) is 5.82 Å². The molecule has 16 heavy (non-hydrogen) atoms. The van der Waals surface area contributed by atoms with Crippen LogP contribution in [-0.2, 0) is 12.8 Å². The van der Waals surface area contributed by atoms with Crippen LogP contribution in [0, 0.1) is 12.8 Å². The van der Waals surface area contributed by atoms with Gasteiger partial charge in [-0.3, -0.25) is 0 Å². The quantitative estimate of drug-likeness (QED) is 0.825. The average Bonchev–Trinajstić information content (AvgIpc) is 3.12. The Morgan fingerprint density at radius 1 is 1.19 bits per heavy atom. The highest BCUT2D eigenvalue weighted by atomic mass is 15.0. The topological polar surface area (TPSA) is 51.8 Å². The predicted molar refractivity (Wildman–Crippen MR) is 63.1 cm³/mol. The molecule has 1 aromatic heterocycles. The molecule has 0 bridgehead atoms. The Morgan fingerprint density at radius 3 is 2.69 bits per heavy atom. The number of hydrogen-bond donors (Lipinski definition) is 1. The number of hydrogen-bond acceptors (Lipinski definition) is 3. The van der Waals surface area contributed by atoms with E-state index >= 15 is 0 Å². The van der Waals surface area contributed by atoms with Gasteiger partial charge in [0.05, 0.1) is 6.04 Å². The highest BCUT2D eigenvalue weighted by Gasteiger charge is 2.32. The molecule has 1 unspecified atom stereocenters. The monoisotopic (exact) mass is 217 g/mol. The molecule has 1 fully saturated rings. The highest BCUT2D eigenvalue weighted by Crippen LogP contribution is 2.38.